The molecule has 0 saturated heterocycles. The lowest BCUT2D eigenvalue weighted by molar-refractivity contribution is -0.117. The zero-order valence-corrected chi connectivity index (χ0v) is 26.0. The first-order chi connectivity index (χ1) is 16.7. The Morgan fingerprint density at radius 2 is 1.56 bits per heavy atom. The molecular weight excluding hydrogens is 460 g/mol. The molecule has 2 rings (SSSR count). The molecule has 2 nitrogen and oxygen atoms in total. The number of fused-ring (bicyclic) bond motifs is 1. The van der Waals surface area contributed by atoms with Crippen molar-refractivity contribution in [3.63, 3.8) is 0 Å². The molecule has 0 atom stereocenters. The SMILES string of the molecule is C=C(C)S/C=C(\C)c1ccc2c(c1)C(C)(C)CCC2(C)C.CC(=O)CCCO.CCCC(C)CCC. The van der Waals surface area contributed by atoms with Gasteiger partial charge in [0.25, 0.3) is 0 Å². The minimum absolute atomic E-state index is 0.125. The summed E-state index contributed by atoms with van der Waals surface area (Å²) in [6.45, 7) is 26.2. The van der Waals surface area contributed by atoms with Crippen molar-refractivity contribution in [3.8, 4) is 0 Å². The zero-order chi connectivity index (χ0) is 27.9. The summed E-state index contributed by atoms with van der Waals surface area (Å²) in [7, 11) is 0. The van der Waals surface area contributed by atoms with E-state index in [1.165, 1.54) is 67.7 Å². The van der Waals surface area contributed by atoms with E-state index in [0.717, 1.165) is 10.8 Å². The van der Waals surface area contributed by atoms with Crippen molar-refractivity contribution in [3.05, 3.63) is 51.8 Å². The summed E-state index contributed by atoms with van der Waals surface area (Å²) in [5, 5.41) is 10.4. The lowest BCUT2D eigenvalue weighted by Crippen LogP contribution is -2.33. The second-order valence-corrected chi connectivity index (χ2v) is 13.0. The van der Waals surface area contributed by atoms with Crippen LogP contribution in [0.15, 0.2) is 35.1 Å². The van der Waals surface area contributed by atoms with Crippen LogP contribution < -0.4 is 0 Å². The Bertz CT molecular complexity index is 826. The first-order valence-corrected chi connectivity index (χ1v) is 14.8. The van der Waals surface area contributed by atoms with Gasteiger partial charge >= 0.3 is 0 Å². The molecule has 0 aliphatic heterocycles. The molecule has 0 saturated carbocycles. The van der Waals surface area contributed by atoms with E-state index in [0.29, 0.717) is 18.3 Å². The summed E-state index contributed by atoms with van der Waals surface area (Å²) in [6.07, 6.45) is 9.17. The number of aliphatic hydroxyl groups excluding tert-OH is 1. The maximum atomic E-state index is 10.1. The summed E-state index contributed by atoms with van der Waals surface area (Å²) in [6, 6.07) is 7.06. The highest BCUT2D eigenvalue weighted by molar-refractivity contribution is 8.05. The first-order valence-electron chi connectivity index (χ1n) is 14.0. The largest absolute Gasteiger partial charge is 0.396 e. The molecule has 3 heteroatoms. The highest BCUT2D eigenvalue weighted by atomic mass is 32.2. The van der Waals surface area contributed by atoms with E-state index in [1.54, 1.807) is 11.8 Å². The predicted octanol–water partition coefficient (Wildman–Crippen LogP) is 10.2. The molecule has 1 aliphatic carbocycles. The smallest absolute Gasteiger partial charge is 0.129 e. The molecule has 0 unspecified atom stereocenters. The van der Waals surface area contributed by atoms with Crippen molar-refractivity contribution in [2.24, 2.45) is 5.92 Å². The van der Waals surface area contributed by atoms with Crippen molar-refractivity contribution in [1.29, 1.82) is 0 Å². The number of carbonyl (C=O) groups excluding carboxylic acids is 1. The van der Waals surface area contributed by atoms with Gasteiger partial charge in [-0.05, 0) is 89.4 Å². The van der Waals surface area contributed by atoms with Crippen molar-refractivity contribution < 1.29 is 9.90 Å². The fourth-order valence-electron chi connectivity index (χ4n) is 4.55. The van der Waals surface area contributed by atoms with Gasteiger partial charge < -0.3 is 9.90 Å². The topological polar surface area (TPSA) is 37.3 Å². The van der Waals surface area contributed by atoms with Crippen LogP contribution >= 0.6 is 11.8 Å². The molecule has 0 bridgehead atoms. The Labute approximate surface area is 228 Å². The fraction of sp³-hybridized carbons (Fsp3) is 0.667. The van der Waals surface area contributed by atoms with Gasteiger partial charge in [-0.2, -0.15) is 0 Å². The molecule has 1 aromatic rings. The van der Waals surface area contributed by atoms with Crippen LogP contribution in [0.25, 0.3) is 5.57 Å². The molecule has 1 aromatic carbocycles. The van der Waals surface area contributed by atoms with Crippen molar-refractivity contribution in [1.82, 2.24) is 0 Å². The molecule has 0 amide bonds. The van der Waals surface area contributed by atoms with Crippen LogP contribution in [0.1, 0.15) is 137 Å². The van der Waals surface area contributed by atoms with Crippen LogP contribution in [0, 0.1) is 5.92 Å². The number of allylic oxidation sites excluding steroid dienone is 2. The van der Waals surface area contributed by atoms with Gasteiger partial charge in [0.05, 0.1) is 0 Å². The van der Waals surface area contributed by atoms with Gasteiger partial charge in [-0.1, -0.05) is 98.9 Å². The maximum absolute atomic E-state index is 10.1. The number of benzene rings is 1. The molecule has 206 valence electrons. The number of ketones is 1. The van der Waals surface area contributed by atoms with E-state index in [1.807, 2.05) is 6.92 Å². The Kier molecular flexibility index (Phi) is 16.6. The van der Waals surface area contributed by atoms with Gasteiger partial charge in [-0.3, -0.25) is 0 Å². The van der Waals surface area contributed by atoms with E-state index < -0.39 is 0 Å². The molecule has 0 radical (unpaired) electrons. The van der Waals surface area contributed by atoms with Crippen LogP contribution in [0.2, 0.25) is 0 Å². The number of Topliss-reactive ketones (excluding diaryl/α,β-unsaturated/α-hetero) is 1. The van der Waals surface area contributed by atoms with E-state index in [4.69, 9.17) is 5.11 Å². The van der Waals surface area contributed by atoms with Crippen LogP contribution in [-0.4, -0.2) is 17.5 Å². The first kappa shape index (κ1) is 34.7. The summed E-state index contributed by atoms with van der Waals surface area (Å²) in [4.78, 5) is 11.2. The van der Waals surface area contributed by atoms with Crippen molar-refractivity contribution in [2.45, 2.75) is 131 Å². The number of aliphatic hydroxyl groups is 1. The average molecular weight is 517 g/mol. The highest BCUT2D eigenvalue weighted by Crippen LogP contribution is 2.46. The molecule has 0 spiro atoms. The summed E-state index contributed by atoms with van der Waals surface area (Å²) < 4.78 is 0. The van der Waals surface area contributed by atoms with Gasteiger partial charge in [0.1, 0.15) is 5.78 Å². The number of rotatable bonds is 10. The number of carbonyl (C=O) groups is 1. The maximum Gasteiger partial charge on any atom is 0.129 e. The number of hydrogen-bond donors (Lipinski definition) is 1. The van der Waals surface area contributed by atoms with E-state index in [-0.39, 0.29) is 17.8 Å². The third-order valence-corrected chi connectivity index (χ3v) is 7.87. The Morgan fingerprint density at radius 1 is 1.03 bits per heavy atom. The lowest BCUT2D eigenvalue weighted by Gasteiger charge is -2.42. The number of thioether (sulfide) groups is 1. The fourth-order valence-corrected chi connectivity index (χ4v) is 5.06. The van der Waals surface area contributed by atoms with Gasteiger partial charge in [0.2, 0.25) is 0 Å². The predicted molar refractivity (Wildman–Crippen MR) is 164 cm³/mol. The molecule has 0 aromatic heterocycles. The summed E-state index contributed by atoms with van der Waals surface area (Å²) >= 11 is 1.71. The van der Waals surface area contributed by atoms with Crippen LogP contribution in [0.3, 0.4) is 0 Å². The van der Waals surface area contributed by atoms with E-state index >= 15 is 0 Å². The minimum atomic E-state index is 0.125. The van der Waals surface area contributed by atoms with Gasteiger partial charge in [0.15, 0.2) is 0 Å². The molecular formula is C33H56O2S. The number of hydrogen-bond acceptors (Lipinski definition) is 3. The zero-order valence-electron chi connectivity index (χ0n) is 25.2. The quantitative estimate of drug-likeness (QED) is 0.336. The monoisotopic (exact) mass is 516 g/mol. The summed E-state index contributed by atoms with van der Waals surface area (Å²) in [5.41, 5.74) is 6.31. The average Bonchev–Trinajstić information content (AvgIpc) is 2.80. The minimum Gasteiger partial charge on any atom is -0.396 e. The second-order valence-electron chi connectivity index (χ2n) is 11.9. The third kappa shape index (κ3) is 13.3. The van der Waals surface area contributed by atoms with E-state index in [9.17, 15) is 4.79 Å². The Balaban J connectivity index is 0.000000673. The highest BCUT2D eigenvalue weighted by Gasteiger charge is 2.36. The van der Waals surface area contributed by atoms with E-state index in [2.05, 4.69) is 85.6 Å². The van der Waals surface area contributed by atoms with Crippen molar-refractivity contribution in [2.75, 3.05) is 6.61 Å². The standard InChI is InChI=1S/C20H28S.C8H18.C5H10O2/c1-14(2)21-13-15(3)16-8-9-17-18(12-16)20(6,7)11-10-19(17,4)5;1-4-6-8(3)7-5-2;1-5(7)3-2-4-6/h8-9,12-13H,1,10-11H2,2-7H3;8H,4-7H2,1-3H3;6H,2-4H2,1H3/b15-13+;;. The summed E-state index contributed by atoms with van der Waals surface area (Å²) in [5.74, 6) is 1.11. The molecule has 1 N–H and O–H groups in total. The van der Waals surface area contributed by atoms with Gasteiger partial charge in [-0.25, -0.2) is 0 Å². The molecule has 0 heterocycles. The molecule has 0 fully saturated rings. The normalized spacial score (nSPS) is 15.7. The second kappa shape index (κ2) is 17.2. The van der Waals surface area contributed by atoms with Crippen LogP contribution in [-0.2, 0) is 15.6 Å². The molecule has 36 heavy (non-hydrogen) atoms. The Morgan fingerprint density at radius 3 is 1.97 bits per heavy atom. The third-order valence-electron chi connectivity index (χ3n) is 6.99. The van der Waals surface area contributed by atoms with Crippen LogP contribution in [0.5, 0.6) is 0 Å². The van der Waals surface area contributed by atoms with Gasteiger partial charge in [-0.15, -0.1) is 11.8 Å². The van der Waals surface area contributed by atoms with Crippen molar-refractivity contribution >= 4 is 23.1 Å². The Hall–Kier alpha value is -1.32. The van der Waals surface area contributed by atoms with Crippen LogP contribution in [0.4, 0.5) is 0 Å². The van der Waals surface area contributed by atoms with Gasteiger partial charge in [0, 0.05) is 13.0 Å². The molecule has 1 aliphatic rings. The lowest BCUT2D eigenvalue weighted by atomic mass is 9.63.